The van der Waals surface area contributed by atoms with E-state index in [2.05, 4.69) is 19.2 Å². The standard InChI is InChI=1S/C8H21NO3Si/c1-8(2)9-6-7-13(10-3,11-4)12-5/h8-9H,6-7H2,1-5H3. The topological polar surface area (TPSA) is 39.7 Å². The van der Waals surface area contributed by atoms with E-state index in [1.165, 1.54) is 0 Å². The van der Waals surface area contributed by atoms with E-state index in [0.717, 1.165) is 12.6 Å². The fourth-order valence-electron chi connectivity index (χ4n) is 1.07. The molecule has 13 heavy (non-hydrogen) atoms. The van der Waals surface area contributed by atoms with E-state index >= 15 is 0 Å². The second kappa shape index (κ2) is 6.50. The van der Waals surface area contributed by atoms with Crippen LogP contribution in [0.15, 0.2) is 0 Å². The van der Waals surface area contributed by atoms with E-state index in [9.17, 15) is 0 Å². The molecule has 0 bridgehead atoms. The molecule has 0 aliphatic carbocycles. The summed E-state index contributed by atoms with van der Waals surface area (Å²) in [4.78, 5) is 0. The van der Waals surface area contributed by atoms with Crippen molar-refractivity contribution in [3.05, 3.63) is 0 Å². The number of hydrogen-bond donors (Lipinski definition) is 1. The van der Waals surface area contributed by atoms with Crippen LogP contribution in [0.2, 0.25) is 6.04 Å². The lowest BCUT2D eigenvalue weighted by Gasteiger charge is -2.24. The summed E-state index contributed by atoms with van der Waals surface area (Å²) in [7, 11) is 2.55. The number of hydrogen-bond acceptors (Lipinski definition) is 4. The summed E-state index contributed by atoms with van der Waals surface area (Å²) in [6, 6.07) is 1.28. The van der Waals surface area contributed by atoms with E-state index in [1.54, 1.807) is 21.3 Å². The summed E-state index contributed by atoms with van der Waals surface area (Å²) in [5, 5.41) is 3.30. The predicted molar refractivity (Wildman–Crippen MR) is 54.7 cm³/mol. The molecule has 80 valence electrons. The molecule has 0 aromatic heterocycles. The molecule has 0 fully saturated rings. The molecular weight excluding hydrogens is 186 g/mol. The van der Waals surface area contributed by atoms with Crippen LogP contribution in [-0.4, -0.2) is 42.7 Å². The Morgan fingerprint density at radius 2 is 1.54 bits per heavy atom. The van der Waals surface area contributed by atoms with Crippen molar-refractivity contribution in [3.8, 4) is 0 Å². The fourth-order valence-corrected chi connectivity index (χ4v) is 2.63. The van der Waals surface area contributed by atoms with Crippen molar-refractivity contribution in [3.63, 3.8) is 0 Å². The van der Waals surface area contributed by atoms with Gasteiger partial charge in [0, 0.05) is 33.4 Å². The van der Waals surface area contributed by atoms with Crippen LogP contribution < -0.4 is 5.32 Å². The summed E-state index contributed by atoms with van der Waals surface area (Å²) in [6.45, 7) is 5.07. The first kappa shape index (κ1) is 13.1. The summed E-state index contributed by atoms with van der Waals surface area (Å²) < 4.78 is 15.8. The van der Waals surface area contributed by atoms with E-state index < -0.39 is 8.80 Å². The van der Waals surface area contributed by atoms with Gasteiger partial charge in [0.2, 0.25) is 0 Å². The zero-order valence-electron chi connectivity index (χ0n) is 9.22. The Kier molecular flexibility index (Phi) is 6.53. The molecule has 0 rings (SSSR count). The van der Waals surface area contributed by atoms with Gasteiger partial charge >= 0.3 is 8.80 Å². The molecule has 0 aliphatic rings. The molecule has 0 aliphatic heterocycles. The molecule has 0 aromatic rings. The van der Waals surface area contributed by atoms with Crippen molar-refractivity contribution in [2.75, 3.05) is 27.9 Å². The molecule has 0 heterocycles. The van der Waals surface area contributed by atoms with Crippen molar-refractivity contribution >= 4 is 8.80 Å². The third-order valence-electron chi connectivity index (χ3n) is 1.92. The molecule has 0 spiro atoms. The number of nitrogens with one attached hydrogen (secondary N) is 1. The van der Waals surface area contributed by atoms with Crippen molar-refractivity contribution in [1.29, 1.82) is 0 Å². The first-order chi connectivity index (χ1) is 6.10. The Morgan fingerprint density at radius 3 is 1.85 bits per heavy atom. The van der Waals surface area contributed by atoms with Gasteiger partial charge in [-0.2, -0.15) is 0 Å². The van der Waals surface area contributed by atoms with Crippen molar-refractivity contribution in [2.45, 2.75) is 25.9 Å². The third kappa shape index (κ3) is 4.73. The maximum absolute atomic E-state index is 5.27. The molecule has 0 unspecified atom stereocenters. The molecule has 0 aromatic carbocycles. The smallest absolute Gasteiger partial charge is 0.377 e. The van der Waals surface area contributed by atoms with Gasteiger partial charge in [-0.3, -0.25) is 0 Å². The summed E-state index contributed by atoms with van der Waals surface area (Å²) >= 11 is 0. The Morgan fingerprint density at radius 1 is 1.08 bits per heavy atom. The lowest BCUT2D eigenvalue weighted by Crippen LogP contribution is -2.45. The summed E-state index contributed by atoms with van der Waals surface area (Å²) in [5.41, 5.74) is 0. The quantitative estimate of drug-likeness (QED) is 0.629. The highest BCUT2D eigenvalue weighted by Crippen LogP contribution is 2.11. The maximum Gasteiger partial charge on any atom is 0.501 e. The highest BCUT2D eigenvalue weighted by Gasteiger charge is 2.36. The van der Waals surface area contributed by atoms with Gasteiger partial charge in [0.15, 0.2) is 0 Å². The average Bonchev–Trinajstić information content (AvgIpc) is 2.13. The molecular formula is C8H21NO3Si. The van der Waals surface area contributed by atoms with Crippen LogP contribution in [0.4, 0.5) is 0 Å². The van der Waals surface area contributed by atoms with Crippen LogP contribution >= 0.6 is 0 Å². The van der Waals surface area contributed by atoms with Crippen LogP contribution in [0.5, 0.6) is 0 Å². The predicted octanol–water partition coefficient (Wildman–Crippen LogP) is 0.862. The fraction of sp³-hybridized carbons (Fsp3) is 1.00. The van der Waals surface area contributed by atoms with Gasteiger partial charge in [-0.15, -0.1) is 0 Å². The Labute approximate surface area is 81.9 Å². The van der Waals surface area contributed by atoms with Crippen molar-refractivity contribution in [2.24, 2.45) is 0 Å². The maximum atomic E-state index is 5.27. The minimum absolute atomic E-state index is 0.484. The minimum atomic E-state index is -2.35. The molecule has 0 saturated carbocycles. The Hall–Kier alpha value is 0.0569. The highest BCUT2D eigenvalue weighted by atomic mass is 28.4. The van der Waals surface area contributed by atoms with Gasteiger partial charge in [0.05, 0.1) is 0 Å². The first-order valence-electron chi connectivity index (χ1n) is 4.49. The van der Waals surface area contributed by atoms with E-state index in [0.29, 0.717) is 6.04 Å². The van der Waals surface area contributed by atoms with E-state index in [-0.39, 0.29) is 0 Å². The van der Waals surface area contributed by atoms with Gasteiger partial charge in [0.25, 0.3) is 0 Å². The van der Waals surface area contributed by atoms with Crippen molar-refractivity contribution in [1.82, 2.24) is 5.32 Å². The van der Waals surface area contributed by atoms with Gasteiger partial charge < -0.3 is 18.6 Å². The zero-order chi connectivity index (χ0) is 10.3. The molecule has 0 atom stereocenters. The van der Waals surface area contributed by atoms with Crippen molar-refractivity contribution < 1.29 is 13.3 Å². The second-order valence-corrected chi connectivity index (χ2v) is 6.24. The van der Waals surface area contributed by atoms with E-state index in [4.69, 9.17) is 13.3 Å². The van der Waals surface area contributed by atoms with Gasteiger partial charge in [-0.05, 0) is 6.54 Å². The highest BCUT2D eigenvalue weighted by molar-refractivity contribution is 6.60. The zero-order valence-corrected chi connectivity index (χ0v) is 10.2. The van der Waals surface area contributed by atoms with Gasteiger partial charge in [-0.1, -0.05) is 13.8 Å². The normalized spacial score (nSPS) is 12.5. The lowest BCUT2D eigenvalue weighted by atomic mass is 10.4. The largest absolute Gasteiger partial charge is 0.501 e. The molecule has 0 saturated heterocycles. The second-order valence-electron chi connectivity index (χ2n) is 3.15. The Balaban J connectivity index is 3.81. The van der Waals surface area contributed by atoms with E-state index in [1.807, 2.05) is 0 Å². The molecule has 5 heteroatoms. The molecule has 1 N–H and O–H groups in total. The van der Waals surface area contributed by atoms with Gasteiger partial charge in [0.1, 0.15) is 0 Å². The van der Waals surface area contributed by atoms with Gasteiger partial charge in [-0.25, -0.2) is 0 Å². The van der Waals surface area contributed by atoms with Crippen LogP contribution in [0.3, 0.4) is 0 Å². The average molecular weight is 207 g/mol. The number of rotatable bonds is 7. The Bertz CT molecular complexity index is 120. The molecule has 0 amide bonds. The molecule has 0 radical (unpaired) electrons. The lowest BCUT2D eigenvalue weighted by molar-refractivity contribution is 0.123. The van der Waals surface area contributed by atoms with Crippen LogP contribution in [0.25, 0.3) is 0 Å². The van der Waals surface area contributed by atoms with Crippen LogP contribution in [0, 0.1) is 0 Å². The third-order valence-corrected chi connectivity index (χ3v) is 4.65. The monoisotopic (exact) mass is 207 g/mol. The molecule has 4 nitrogen and oxygen atoms in total. The van der Waals surface area contributed by atoms with Crippen LogP contribution in [0.1, 0.15) is 13.8 Å². The first-order valence-corrected chi connectivity index (χ1v) is 6.42. The minimum Gasteiger partial charge on any atom is -0.377 e. The van der Waals surface area contributed by atoms with Crippen LogP contribution in [-0.2, 0) is 13.3 Å². The SMILES string of the molecule is CO[Si](CCNC(C)C)(OC)OC. The summed E-state index contributed by atoms with van der Waals surface area (Å²) in [6.07, 6.45) is 0. The summed E-state index contributed by atoms with van der Waals surface area (Å²) in [5.74, 6) is 0.